The van der Waals surface area contributed by atoms with Crippen molar-refractivity contribution in [3.05, 3.63) is 47.1 Å². The second-order valence-corrected chi connectivity index (χ2v) is 4.92. The van der Waals surface area contributed by atoms with Gasteiger partial charge in [0.05, 0.1) is 28.8 Å². The molecule has 0 fully saturated rings. The third-order valence-electron chi connectivity index (χ3n) is 2.92. The molecule has 2 aromatic heterocycles. The van der Waals surface area contributed by atoms with Crippen molar-refractivity contribution in [2.75, 3.05) is 5.88 Å². The van der Waals surface area contributed by atoms with E-state index in [9.17, 15) is 0 Å². The number of rotatable bonds is 4. The van der Waals surface area contributed by atoms with Gasteiger partial charge in [0, 0.05) is 18.4 Å². The number of fused-ring (bicyclic) bond motifs is 1. The van der Waals surface area contributed by atoms with Gasteiger partial charge in [-0.2, -0.15) is 0 Å². The lowest BCUT2D eigenvalue weighted by atomic mass is 10.3. The molecule has 0 bridgehead atoms. The minimum Gasteiger partial charge on any atom is -0.359 e. The van der Waals surface area contributed by atoms with Gasteiger partial charge in [-0.05, 0) is 12.1 Å². The van der Waals surface area contributed by atoms with Crippen LogP contribution in [0.25, 0.3) is 11.0 Å². The van der Waals surface area contributed by atoms with E-state index in [-0.39, 0.29) is 0 Å². The monoisotopic (exact) mass is 295 g/mol. The van der Waals surface area contributed by atoms with E-state index in [1.54, 1.807) is 6.20 Å². The first-order valence-electron chi connectivity index (χ1n) is 5.88. The van der Waals surface area contributed by atoms with Crippen LogP contribution in [0.5, 0.6) is 0 Å². The zero-order valence-corrected chi connectivity index (χ0v) is 11.5. The van der Waals surface area contributed by atoms with E-state index in [0.717, 1.165) is 22.6 Å². The SMILES string of the molecule is ClCCc1nc2cccc(Cl)c2n1Cc1ccno1. The lowest BCUT2D eigenvalue weighted by Crippen LogP contribution is -2.05. The van der Waals surface area contributed by atoms with Crippen LogP contribution < -0.4 is 0 Å². The average molecular weight is 296 g/mol. The Morgan fingerprint density at radius 3 is 2.89 bits per heavy atom. The maximum Gasteiger partial charge on any atom is 0.156 e. The smallest absolute Gasteiger partial charge is 0.156 e. The van der Waals surface area contributed by atoms with Crippen LogP contribution in [0.2, 0.25) is 5.02 Å². The van der Waals surface area contributed by atoms with Gasteiger partial charge in [-0.1, -0.05) is 22.8 Å². The van der Waals surface area contributed by atoms with Crippen LogP contribution in [0.3, 0.4) is 0 Å². The molecule has 19 heavy (non-hydrogen) atoms. The molecule has 98 valence electrons. The average Bonchev–Trinajstić information content (AvgIpc) is 3.00. The molecule has 0 aliphatic rings. The lowest BCUT2D eigenvalue weighted by Gasteiger charge is -2.06. The highest BCUT2D eigenvalue weighted by atomic mass is 35.5. The van der Waals surface area contributed by atoms with Gasteiger partial charge in [0.25, 0.3) is 0 Å². The number of hydrogen-bond donors (Lipinski definition) is 0. The molecule has 0 amide bonds. The summed E-state index contributed by atoms with van der Waals surface area (Å²) in [6.07, 6.45) is 2.30. The summed E-state index contributed by atoms with van der Waals surface area (Å²) < 4.78 is 7.18. The van der Waals surface area contributed by atoms with Crippen molar-refractivity contribution < 1.29 is 4.52 Å². The van der Waals surface area contributed by atoms with Gasteiger partial charge in [0.15, 0.2) is 5.76 Å². The number of aryl methyl sites for hydroxylation is 1. The van der Waals surface area contributed by atoms with Crippen LogP contribution in [-0.2, 0) is 13.0 Å². The van der Waals surface area contributed by atoms with Crippen LogP contribution in [0.1, 0.15) is 11.6 Å². The molecule has 0 saturated carbocycles. The highest BCUT2D eigenvalue weighted by Gasteiger charge is 2.14. The predicted molar refractivity (Wildman–Crippen MR) is 74.8 cm³/mol. The fraction of sp³-hybridized carbons (Fsp3) is 0.231. The van der Waals surface area contributed by atoms with Crippen LogP contribution >= 0.6 is 23.2 Å². The molecule has 6 heteroatoms. The van der Waals surface area contributed by atoms with Crippen molar-refractivity contribution >= 4 is 34.2 Å². The Hall–Kier alpha value is -1.52. The first-order chi connectivity index (χ1) is 9.29. The fourth-order valence-electron chi connectivity index (χ4n) is 2.12. The van der Waals surface area contributed by atoms with Gasteiger partial charge in [0.2, 0.25) is 0 Å². The van der Waals surface area contributed by atoms with Gasteiger partial charge >= 0.3 is 0 Å². The van der Waals surface area contributed by atoms with Crippen molar-refractivity contribution in [2.24, 2.45) is 0 Å². The molecule has 0 radical (unpaired) electrons. The zero-order valence-electron chi connectivity index (χ0n) is 10.0. The Bertz CT molecular complexity index is 691. The van der Waals surface area contributed by atoms with E-state index in [1.807, 2.05) is 28.8 Å². The van der Waals surface area contributed by atoms with Gasteiger partial charge < -0.3 is 9.09 Å². The summed E-state index contributed by atoms with van der Waals surface area (Å²) in [4.78, 5) is 4.58. The minimum absolute atomic E-state index is 0.511. The molecule has 0 unspecified atom stereocenters. The quantitative estimate of drug-likeness (QED) is 0.692. The number of hydrogen-bond acceptors (Lipinski definition) is 3. The lowest BCUT2D eigenvalue weighted by molar-refractivity contribution is 0.376. The summed E-state index contributed by atoms with van der Waals surface area (Å²) in [7, 11) is 0. The Kier molecular flexibility index (Phi) is 3.44. The summed E-state index contributed by atoms with van der Waals surface area (Å²) in [5, 5.41) is 4.38. The van der Waals surface area contributed by atoms with Crippen molar-refractivity contribution in [1.82, 2.24) is 14.7 Å². The van der Waals surface area contributed by atoms with E-state index in [0.29, 0.717) is 23.9 Å². The van der Waals surface area contributed by atoms with E-state index < -0.39 is 0 Å². The molecule has 1 aromatic carbocycles. The standard InChI is InChI=1S/C13H11Cl2N3O/c14-6-4-12-17-11-3-1-2-10(15)13(11)18(12)8-9-5-7-16-19-9/h1-3,5,7H,4,6,8H2. The Morgan fingerprint density at radius 2 is 2.16 bits per heavy atom. The van der Waals surface area contributed by atoms with Gasteiger partial charge in [0.1, 0.15) is 5.82 Å². The topological polar surface area (TPSA) is 43.9 Å². The van der Waals surface area contributed by atoms with Crippen molar-refractivity contribution in [3.8, 4) is 0 Å². The number of benzene rings is 1. The molecule has 3 rings (SSSR count). The number of imidazole rings is 1. The Morgan fingerprint density at radius 1 is 1.26 bits per heavy atom. The second kappa shape index (κ2) is 5.23. The number of alkyl halides is 1. The second-order valence-electron chi connectivity index (χ2n) is 4.14. The highest BCUT2D eigenvalue weighted by Crippen LogP contribution is 2.25. The van der Waals surface area contributed by atoms with Crippen LogP contribution in [0.15, 0.2) is 35.0 Å². The third kappa shape index (κ3) is 2.33. The third-order valence-corrected chi connectivity index (χ3v) is 3.41. The fourth-order valence-corrected chi connectivity index (χ4v) is 2.56. The van der Waals surface area contributed by atoms with Crippen molar-refractivity contribution in [2.45, 2.75) is 13.0 Å². The number of halogens is 2. The minimum atomic E-state index is 0.511. The van der Waals surface area contributed by atoms with Gasteiger partial charge in [-0.3, -0.25) is 0 Å². The van der Waals surface area contributed by atoms with Crippen molar-refractivity contribution in [3.63, 3.8) is 0 Å². The summed E-state index contributed by atoms with van der Waals surface area (Å²) in [5.41, 5.74) is 1.77. The van der Waals surface area contributed by atoms with Crippen LogP contribution in [0.4, 0.5) is 0 Å². The first kappa shape index (κ1) is 12.5. The van der Waals surface area contributed by atoms with Crippen LogP contribution in [0, 0.1) is 0 Å². The summed E-state index contributed by atoms with van der Waals surface area (Å²) in [6.45, 7) is 0.548. The summed E-state index contributed by atoms with van der Waals surface area (Å²) in [6, 6.07) is 7.51. The molecule has 0 aliphatic carbocycles. The van der Waals surface area contributed by atoms with Gasteiger partial charge in [-0.25, -0.2) is 4.98 Å². The molecule has 0 saturated heterocycles. The van der Waals surface area contributed by atoms with E-state index >= 15 is 0 Å². The molecule has 0 aliphatic heterocycles. The van der Waals surface area contributed by atoms with Crippen LogP contribution in [-0.4, -0.2) is 20.6 Å². The molecule has 2 heterocycles. The zero-order chi connectivity index (χ0) is 13.2. The van der Waals surface area contributed by atoms with E-state index in [1.165, 1.54) is 0 Å². The first-order valence-corrected chi connectivity index (χ1v) is 6.80. The van der Waals surface area contributed by atoms with E-state index in [4.69, 9.17) is 27.7 Å². The predicted octanol–water partition coefficient (Wildman–Crippen LogP) is 3.51. The van der Waals surface area contributed by atoms with E-state index in [2.05, 4.69) is 10.1 Å². The maximum absolute atomic E-state index is 6.28. The van der Waals surface area contributed by atoms with Gasteiger partial charge in [-0.15, -0.1) is 11.6 Å². The number of aromatic nitrogens is 3. The highest BCUT2D eigenvalue weighted by molar-refractivity contribution is 6.35. The molecule has 4 nitrogen and oxygen atoms in total. The molecular formula is C13H11Cl2N3O. The van der Waals surface area contributed by atoms with Crippen molar-refractivity contribution in [1.29, 1.82) is 0 Å². The largest absolute Gasteiger partial charge is 0.359 e. The Balaban J connectivity index is 2.15. The molecule has 3 aromatic rings. The maximum atomic E-state index is 6.28. The normalized spacial score (nSPS) is 11.3. The number of nitrogens with zero attached hydrogens (tertiary/aromatic N) is 3. The molecule has 0 N–H and O–H groups in total. The molecule has 0 atom stereocenters. The molecule has 0 spiro atoms. The summed E-state index contributed by atoms with van der Waals surface area (Å²) in [5.74, 6) is 2.17. The summed E-state index contributed by atoms with van der Waals surface area (Å²) >= 11 is 12.1. The molecular weight excluding hydrogens is 285 g/mol. The Labute approximate surface area is 119 Å². The number of para-hydroxylation sites is 1.